The summed E-state index contributed by atoms with van der Waals surface area (Å²) < 4.78 is 0. The zero-order chi connectivity index (χ0) is 27.1. The summed E-state index contributed by atoms with van der Waals surface area (Å²) in [5, 5.41) is 36.1. The molecule has 7 nitrogen and oxygen atoms in total. The number of ketones is 1. The van der Waals surface area contributed by atoms with Crippen LogP contribution in [0.15, 0.2) is 42.5 Å². The monoisotopic (exact) mass is 488 g/mol. The van der Waals surface area contributed by atoms with Gasteiger partial charge in [-0.05, 0) is 56.9 Å². The van der Waals surface area contributed by atoms with Gasteiger partial charge in [-0.1, -0.05) is 69.5 Å². The number of aliphatic hydroxyl groups is 2. The second-order valence-electron chi connectivity index (χ2n) is 8.65. The predicted octanol–water partition coefficient (Wildman–Crippen LogP) is 5.21. The van der Waals surface area contributed by atoms with Gasteiger partial charge in [-0.2, -0.15) is 0 Å². The molecule has 0 amide bonds. The van der Waals surface area contributed by atoms with E-state index < -0.39 is 17.7 Å². The highest BCUT2D eigenvalue weighted by atomic mass is 16.4. The first-order chi connectivity index (χ1) is 16.4. The van der Waals surface area contributed by atoms with Crippen LogP contribution in [0.1, 0.15) is 83.9 Å². The lowest BCUT2D eigenvalue weighted by molar-refractivity contribution is -0.131. The molecular formula is C28H40O7. The fourth-order valence-electron chi connectivity index (χ4n) is 3.60. The van der Waals surface area contributed by atoms with Crippen molar-refractivity contribution in [2.45, 2.75) is 79.4 Å². The molecule has 0 spiro atoms. The molecule has 2 atom stereocenters. The molecule has 0 heterocycles. The summed E-state index contributed by atoms with van der Waals surface area (Å²) in [6.07, 6.45) is 2.87. The Bertz CT molecular complexity index is 903. The first kappa shape index (κ1) is 32.0. The Morgan fingerprint density at radius 1 is 0.800 bits per heavy atom. The molecule has 7 heteroatoms. The molecule has 2 unspecified atom stereocenters. The molecule has 4 N–H and O–H groups in total. The van der Waals surface area contributed by atoms with Gasteiger partial charge in [0.25, 0.3) is 5.78 Å². The molecule has 0 bridgehead atoms. The highest BCUT2D eigenvalue weighted by Gasteiger charge is 2.21. The van der Waals surface area contributed by atoms with Crippen LogP contribution in [0.3, 0.4) is 0 Å². The Kier molecular flexibility index (Phi) is 15.1. The van der Waals surface area contributed by atoms with E-state index in [1.165, 1.54) is 0 Å². The number of benzene rings is 2. The van der Waals surface area contributed by atoms with E-state index in [1.54, 1.807) is 44.2 Å². The van der Waals surface area contributed by atoms with Crippen LogP contribution in [0.25, 0.3) is 0 Å². The summed E-state index contributed by atoms with van der Waals surface area (Å²) in [5.41, 5.74) is 3.10. The average molecular weight is 489 g/mol. The number of aryl methyl sites for hydroxylation is 3. The van der Waals surface area contributed by atoms with E-state index in [9.17, 15) is 24.6 Å². The van der Waals surface area contributed by atoms with Gasteiger partial charge in [-0.25, -0.2) is 9.59 Å². The lowest BCUT2D eigenvalue weighted by Gasteiger charge is -2.23. The Morgan fingerprint density at radius 3 is 1.54 bits per heavy atom. The van der Waals surface area contributed by atoms with Crippen molar-refractivity contribution < 1.29 is 34.8 Å². The molecule has 0 saturated heterocycles. The quantitative estimate of drug-likeness (QED) is 0.281. The highest BCUT2D eigenvalue weighted by Crippen LogP contribution is 2.17. The Hall–Kier alpha value is -3.03. The third-order valence-electron chi connectivity index (χ3n) is 5.50. The molecule has 194 valence electrons. The van der Waals surface area contributed by atoms with Crippen LogP contribution in [0, 0.1) is 26.7 Å². The molecule has 35 heavy (non-hydrogen) atoms. The van der Waals surface area contributed by atoms with Crippen molar-refractivity contribution in [3.8, 4) is 0 Å². The number of aliphatic carboxylic acids is 1. The van der Waals surface area contributed by atoms with Crippen molar-refractivity contribution in [1.82, 2.24) is 0 Å². The van der Waals surface area contributed by atoms with Crippen LogP contribution in [0.4, 0.5) is 0 Å². The molecule has 0 fully saturated rings. The third-order valence-corrected chi connectivity index (χ3v) is 5.50. The Morgan fingerprint density at radius 2 is 1.23 bits per heavy atom. The van der Waals surface area contributed by atoms with Gasteiger partial charge >= 0.3 is 11.9 Å². The number of carboxylic acid groups (broad SMARTS) is 2. The smallest absolute Gasteiger partial charge is 0.377 e. The normalized spacial score (nSPS) is 12.7. The molecule has 0 aliphatic carbocycles. The van der Waals surface area contributed by atoms with Gasteiger partial charge in [-0.15, -0.1) is 0 Å². The van der Waals surface area contributed by atoms with Crippen molar-refractivity contribution in [2.75, 3.05) is 0 Å². The van der Waals surface area contributed by atoms with Crippen molar-refractivity contribution >= 4 is 17.7 Å². The predicted molar refractivity (Wildman–Crippen MR) is 137 cm³/mol. The van der Waals surface area contributed by atoms with Crippen molar-refractivity contribution in [2.24, 2.45) is 5.92 Å². The number of aromatic carboxylic acids is 1. The second kappa shape index (κ2) is 16.6. The minimum atomic E-state index is -1.40. The van der Waals surface area contributed by atoms with Crippen LogP contribution in [0.2, 0.25) is 0 Å². The van der Waals surface area contributed by atoms with Crippen LogP contribution in [-0.4, -0.2) is 50.4 Å². The molecule has 0 aliphatic rings. The van der Waals surface area contributed by atoms with E-state index in [0.29, 0.717) is 11.1 Å². The maximum absolute atomic E-state index is 11.3. The van der Waals surface area contributed by atoms with E-state index in [-0.39, 0.29) is 18.1 Å². The maximum Gasteiger partial charge on any atom is 0.377 e. The first-order valence-corrected chi connectivity index (χ1v) is 11.9. The van der Waals surface area contributed by atoms with Crippen molar-refractivity contribution in [1.29, 1.82) is 0 Å². The number of aliphatic hydroxyl groups excluding tert-OH is 2. The molecule has 2 aromatic carbocycles. The van der Waals surface area contributed by atoms with Crippen LogP contribution in [-0.2, 0) is 4.79 Å². The molecular weight excluding hydrogens is 448 g/mol. The second-order valence-corrected chi connectivity index (χ2v) is 8.65. The molecule has 2 aromatic rings. The van der Waals surface area contributed by atoms with Gasteiger partial charge in [0.1, 0.15) is 0 Å². The number of carbonyl (C=O) groups excluding carboxylic acids is 1. The Labute approximate surface area is 208 Å². The molecule has 0 radical (unpaired) electrons. The summed E-state index contributed by atoms with van der Waals surface area (Å²) in [7, 11) is 0. The standard InChI is InChI=1S/C11H12O3.C10H22O2.C7H6O2/c1-6-4-7(2)9(8(3)5-6)10(12)11(13)14;1-4-6-9(11)8(3)10(12)7-5-2;8-7(9)6-4-2-1-3-5-6/h4-5H,1-3H3,(H,13,14);8-12H,4-7H2,1-3H3;1-5H,(H,8,9). The molecule has 0 aromatic heterocycles. The van der Waals surface area contributed by atoms with Crippen LogP contribution < -0.4 is 0 Å². The topological polar surface area (TPSA) is 132 Å². The van der Waals surface area contributed by atoms with E-state index in [4.69, 9.17) is 10.2 Å². The number of hydrogen-bond acceptors (Lipinski definition) is 5. The number of rotatable bonds is 9. The fourth-order valence-corrected chi connectivity index (χ4v) is 3.60. The summed E-state index contributed by atoms with van der Waals surface area (Å²) in [5.74, 6) is -3.10. The largest absolute Gasteiger partial charge is 0.478 e. The van der Waals surface area contributed by atoms with Crippen LogP contribution in [0.5, 0.6) is 0 Å². The molecule has 2 rings (SSSR count). The lowest BCUT2D eigenvalue weighted by atomic mass is 9.92. The fraction of sp³-hybridized carbons (Fsp3) is 0.464. The van der Waals surface area contributed by atoms with Crippen molar-refractivity contribution in [3.63, 3.8) is 0 Å². The maximum atomic E-state index is 11.3. The minimum absolute atomic E-state index is 0.0184. The molecule has 0 saturated carbocycles. The van der Waals surface area contributed by atoms with E-state index in [1.807, 2.05) is 39.8 Å². The Balaban J connectivity index is 0.000000507. The number of hydrogen-bond donors (Lipinski definition) is 4. The van der Waals surface area contributed by atoms with Crippen molar-refractivity contribution in [3.05, 3.63) is 70.3 Å². The summed E-state index contributed by atoms with van der Waals surface area (Å²) in [6, 6.07) is 11.9. The number of carbonyl (C=O) groups is 3. The SMILES string of the molecule is CCCC(O)C(C)C(O)CCC.Cc1cc(C)c(C(=O)C(=O)O)c(C)c1.O=C(O)c1ccccc1. The van der Waals surface area contributed by atoms with Gasteiger partial charge in [0.15, 0.2) is 0 Å². The first-order valence-electron chi connectivity index (χ1n) is 11.9. The number of Topliss-reactive ketones (excluding diaryl/α,β-unsaturated/α-hetero) is 1. The van der Waals surface area contributed by atoms with Crippen LogP contribution >= 0.6 is 0 Å². The lowest BCUT2D eigenvalue weighted by Crippen LogP contribution is -2.29. The van der Waals surface area contributed by atoms with E-state index in [0.717, 1.165) is 42.4 Å². The van der Waals surface area contributed by atoms with E-state index in [2.05, 4.69) is 0 Å². The minimum Gasteiger partial charge on any atom is -0.478 e. The van der Waals surface area contributed by atoms with E-state index >= 15 is 0 Å². The molecule has 0 aliphatic heterocycles. The van der Waals surface area contributed by atoms with Gasteiger partial charge in [-0.3, -0.25) is 4.79 Å². The van der Waals surface area contributed by atoms with Gasteiger partial charge < -0.3 is 20.4 Å². The van der Waals surface area contributed by atoms with Gasteiger partial charge in [0, 0.05) is 11.5 Å². The zero-order valence-corrected chi connectivity index (χ0v) is 21.6. The summed E-state index contributed by atoms with van der Waals surface area (Å²) >= 11 is 0. The third kappa shape index (κ3) is 11.8. The number of carboxylic acids is 2. The average Bonchev–Trinajstić information content (AvgIpc) is 2.79. The van der Waals surface area contributed by atoms with Gasteiger partial charge in [0.05, 0.1) is 17.8 Å². The summed E-state index contributed by atoms with van der Waals surface area (Å²) in [6.45, 7) is 11.4. The highest BCUT2D eigenvalue weighted by molar-refractivity contribution is 6.40. The van der Waals surface area contributed by atoms with Gasteiger partial charge in [0.2, 0.25) is 0 Å². The summed E-state index contributed by atoms with van der Waals surface area (Å²) in [4.78, 5) is 32.0. The zero-order valence-electron chi connectivity index (χ0n) is 21.6.